The number of rotatable bonds is 8. The van der Waals surface area contributed by atoms with Crippen LogP contribution in [0.1, 0.15) is 56.1 Å². The van der Waals surface area contributed by atoms with Gasteiger partial charge in [-0.2, -0.15) is 0 Å². The number of nitrogens with zero attached hydrogens (tertiary/aromatic N) is 1. The van der Waals surface area contributed by atoms with Crippen molar-refractivity contribution in [2.45, 2.75) is 57.0 Å². The molecule has 0 spiro atoms. The first kappa shape index (κ1) is 23.8. The van der Waals surface area contributed by atoms with Crippen LogP contribution >= 0.6 is 0 Å². The molecule has 2 aromatic rings. The van der Waals surface area contributed by atoms with Gasteiger partial charge in [-0.1, -0.05) is 61.9 Å². The van der Waals surface area contributed by atoms with Crippen LogP contribution in [0.5, 0.6) is 0 Å². The van der Waals surface area contributed by atoms with E-state index in [2.05, 4.69) is 29.6 Å². The number of likely N-dealkylation sites (N-methyl/N-ethyl adjacent to an activating group) is 1. The number of hydrogen-bond acceptors (Lipinski definition) is 4. The van der Waals surface area contributed by atoms with E-state index < -0.39 is 18.1 Å². The molecule has 1 saturated carbocycles. The maximum Gasteiger partial charge on any atom is 0.407 e. The van der Waals surface area contributed by atoms with E-state index in [9.17, 15) is 19.5 Å². The lowest BCUT2D eigenvalue weighted by Gasteiger charge is -2.27. The summed E-state index contributed by atoms with van der Waals surface area (Å²) in [6, 6.07) is 15.4. The van der Waals surface area contributed by atoms with Crippen molar-refractivity contribution in [1.82, 2.24) is 10.2 Å². The van der Waals surface area contributed by atoms with Crippen LogP contribution in [0, 0.1) is 5.92 Å². The maximum absolute atomic E-state index is 12.7. The quantitative estimate of drug-likeness (QED) is 0.604. The fourth-order valence-electron chi connectivity index (χ4n) is 5.42. The molecule has 34 heavy (non-hydrogen) atoms. The topological polar surface area (TPSA) is 95.9 Å². The normalized spacial score (nSPS) is 19.7. The Morgan fingerprint density at radius 2 is 1.68 bits per heavy atom. The molecule has 4 rings (SSSR count). The number of aliphatic carboxylic acids is 1. The molecule has 180 valence electrons. The van der Waals surface area contributed by atoms with Gasteiger partial charge >= 0.3 is 12.1 Å². The molecule has 1 fully saturated rings. The Balaban J connectivity index is 1.34. The summed E-state index contributed by atoms with van der Waals surface area (Å²) in [6.07, 6.45) is 2.60. The van der Waals surface area contributed by atoms with Gasteiger partial charge in [0, 0.05) is 25.4 Å². The van der Waals surface area contributed by atoms with Crippen molar-refractivity contribution in [1.29, 1.82) is 0 Å². The van der Waals surface area contributed by atoms with Gasteiger partial charge in [0.2, 0.25) is 5.91 Å². The molecular weight excluding hydrogens is 432 g/mol. The first-order chi connectivity index (χ1) is 16.4. The number of carboxylic acids is 1. The SMILES string of the molecule is CCC(C(=O)O)N(C)C(=O)CC1CCCC1NC(=O)OCC1c2ccccc2-c2ccccc21. The summed E-state index contributed by atoms with van der Waals surface area (Å²) >= 11 is 0. The van der Waals surface area contributed by atoms with Crippen LogP contribution in [0.2, 0.25) is 0 Å². The van der Waals surface area contributed by atoms with Gasteiger partial charge in [-0.25, -0.2) is 9.59 Å². The average molecular weight is 465 g/mol. The third-order valence-electron chi connectivity index (χ3n) is 7.28. The summed E-state index contributed by atoms with van der Waals surface area (Å²) in [7, 11) is 1.54. The van der Waals surface area contributed by atoms with E-state index in [0.717, 1.165) is 30.4 Å². The van der Waals surface area contributed by atoms with Crippen molar-refractivity contribution < 1.29 is 24.2 Å². The van der Waals surface area contributed by atoms with E-state index in [1.807, 2.05) is 24.3 Å². The summed E-state index contributed by atoms with van der Waals surface area (Å²) < 4.78 is 5.67. The summed E-state index contributed by atoms with van der Waals surface area (Å²) in [4.78, 5) is 38.1. The number of amides is 2. The first-order valence-corrected chi connectivity index (χ1v) is 12.0. The third-order valence-corrected chi connectivity index (χ3v) is 7.28. The van der Waals surface area contributed by atoms with Gasteiger partial charge in [-0.15, -0.1) is 0 Å². The van der Waals surface area contributed by atoms with E-state index in [1.54, 1.807) is 6.92 Å². The molecule has 3 unspecified atom stereocenters. The molecule has 0 bridgehead atoms. The number of nitrogens with one attached hydrogen (secondary N) is 1. The van der Waals surface area contributed by atoms with Crippen molar-refractivity contribution in [3.8, 4) is 11.1 Å². The van der Waals surface area contributed by atoms with E-state index in [0.29, 0.717) is 6.42 Å². The van der Waals surface area contributed by atoms with Crippen molar-refractivity contribution in [3.05, 3.63) is 59.7 Å². The fraction of sp³-hybridized carbons (Fsp3) is 0.444. The van der Waals surface area contributed by atoms with E-state index in [1.165, 1.54) is 23.1 Å². The number of alkyl carbamates (subject to hydrolysis) is 1. The molecule has 7 heteroatoms. The second-order valence-electron chi connectivity index (χ2n) is 9.24. The standard InChI is InChI=1S/C27H32N2O5/c1-3-24(26(31)32)29(2)25(30)15-17-9-8-14-23(17)28-27(33)34-16-22-20-12-6-4-10-18(20)19-11-5-7-13-21(19)22/h4-7,10-13,17,22-24H,3,8-9,14-16H2,1-2H3,(H,28,33)(H,31,32). The molecule has 2 aliphatic rings. The Hall–Kier alpha value is -3.35. The van der Waals surface area contributed by atoms with Crippen LogP contribution in [-0.2, 0) is 14.3 Å². The molecular formula is C27H32N2O5. The molecule has 2 aliphatic carbocycles. The zero-order valence-electron chi connectivity index (χ0n) is 19.7. The highest BCUT2D eigenvalue weighted by Gasteiger charge is 2.34. The summed E-state index contributed by atoms with van der Waals surface area (Å²) in [5.74, 6) is -1.24. The predicted molar refractivity (Wildman–Crippen MR) is 128 cm³/mol. The molecule has 0 aliphatic heterocycles. The van der Waals surface area contributed by atoms with Crippen molar-refractivity contribution in [2.75, 3.05) is 13.7 Å². The number of carboxylic acid groups (broad SMARTS) is 1. The van der Waals surface area contributed by atoms with Crippen LogP contribution in [0.25, 0.3) is 11.1 Å². The number of benzene rings is 2. The van der Waals surface area contributed by atoms with Crippen molar-refractivity contribution in [2.24, 2.45) is 5.92 Å². The van der Waals surface area contributed by atoms with E-state index in [4.69, 9.17) is 4.74 Å². The lowest BCUT2D eigenvalue weighted by atomic mass is 9.98. The molecule has 2 aromatic carbocycles. The molecule has 0 radical (unpaired) electrons. The van der Waals surface area contributed by atoms with Gasteiger partial charge in [0.05, 0.1) is 0 Å². The van der Waals surface area contributed by atoms with Crippen LogP contribution in [-0.4, -0.2) is 53.7 Å². The minimum Gasteiger partial charge on any atom is -0.480 e. The van der Waals surface area contributed by atoms with Crippen LogP contribution < -0.4 is 5.32 Å². The molecule has 0 heterocycles. The number of fused-ring (bicyclic) bond motifs is 3. The highest BCUT2D eigenvalue weighted by Crippen LogP contribution is 2.44. The maximum atomic E-state index is 12.7. The Bertz CT molecular complexity index is 1020. The molecule has 3 atom stereocenters. The molecule has 2 amide bonds. The van der Waals surface area contributed by atoms with E-state index >= 15 is 0 Å². The van der Waals surface area contributed by atoms with Gasteiger partial charge in [-0.3, -0.25) is 4.79 Å². The van der Waals surface area contributed by atoms with Crippen molar-refractivity contribution >= 4 is 18.0 Å². The molecule has 7 nitrogen and oxygen atoms in total. The smallest absolute Gasteiger partial charge is 0.407 e. The van der Waals surface area contributed by atoms with E-state index in [-0.39, 0.29) is 36.8 Å². The van der Waals surface area contributed by atoms with Crippen LogP contribution in [0.15, 0.2) is 48.5 Å². The minimum atomic E-state index is -1.00. The largest absolute Gasteiger partial charge is 0.480 e. The van der Waals surface area contributed by atoms with Gasteiger partial charge < -0.3 is 20.1 Å². The Morgan fingerprint density at radius 1 is 1.06 bits per heavy atom. The number of ether oxygens (including phenoxy) is 1. The lowest BCUT2D eigenvalue weighted by Crippen LogP contribution is -2.44. The fourth-order valence-corrected chi connectivity index (χ4v) is 5.42. The average Bonchev–Trinajstić information content (AvgIpc) is 3.39. The molecule has 2 N–H and O–H groups in total. The van der Waals surface area contributed by atoms with Gasteiger partial charge in [-0.05, 0) is 47.4 Å². The van der Waals surface area contributed by atoms with Gasteiger partial charge in [0.25, 0.3) is 0 Å². The third kappa shape index (κ3) is 4.79. The summed E-state index contributed by atoms with van der Waals surface area (Å²) in [6.45, 7) is 2.00. The van der Waals surface area contributed by atoms with Crippen LogP contribution in [0.3, 0.4) is 0 Å². The number of hydrogen-bond donors (Lipinski definition) is 2. The van der Waals surface area contributed by atoms with Crippen molar-refractivity contribution in [3.63, 3.8) is 0 Å². The Kier molecular flexibility index (Phi) is 7.20. The van der Waals surface area contributed by atoms with Gasteiger partial charge in [0.15, 0.2) is 0 Å². The van der Waals surface area contributed by atoms with Gasteiger partial charge in [0.1, 0.15) is 12.6 Å². The predicted octanol–water partition coefficient (Wildman–Crippen LogP) is 4.41. The molecule has 0 aromatic heterocycles. The second-order valence-corrected chi connectivity index (χ2v) is 9.24. The zero-order valence-corrected chi connectivity index (χ0v) is 19.7. The van der Waals surface area contributed by atoms with Crippen LogP contribution in [0.4, 0.5) is 4.79 Å². The zero-order chi connectivity index (χ0) is 24.2. The first-order valence-electron chi connectivity index (χ1n) is 12.0. The Morgan fingerprint density at radius 3 is 2.26 bits per heavy atom. The lowest BCUT2D eigenvalue weighted by molar-refractivity contribution is -0.149. The highest BCUT2D eigenvalue weighted by atomic mass is 16.5. The number of carbonyl (C=O) groups excluding carboxylic acids is 2. The summed E-state index contributed by atoms with van der Waals surface area (Å²) in [5, 5.41) is 12.3. The number of carbonyl (C=O) groups is 3. The minimum absolute atomic E-state index is 0.00486. The summed E-state index contributed by atoms with van der Waals surface area (Å²) in [5.41, 5.74) is 4.68. The second kappa shape index (κ2) is 10.3. The Labute approximate surface area is 200 Å². The molecule has 0 saturated heterocycles. The highest BCUT2D eigenvalue weighted by molar-refractivity contribution is 5.83. The monoisotopic (exact) mass is 464 g/mol.